The van der Waals surface area contributed by atoms with Crippen LogP contribution in [0.25, 0.3) is 5.57 Å². The molecule has 0 saturated carbocycles. The molecule has 1 aliphatic carbocycles. The summed E-state index contributed by atoms with van der Waals surface area (Å²) in [5.41, 5.74) is 1.55. The van der Waals surface area contributed by atoms with Crippen LogP contribution in [0.15, 0.2) is 24.0 Å². The lowest BCUT2D eigenvalue weighted by molar-refractivity contribution is -0.384. The van der Waals surface area contributed by atoms with Gasteiger partial charge in [0, 0.05) is 38.2 Å². The van der Waals surface area contributed by atoms with Gasteiger partial charge in [0.1, 0.15) is 5.76 Å². The number of ketones is 1. The first-order valence-corrected chi connectivity index (χ1v) is 8.82. The Balaban J connectivity index is 1.95. The molecule has 3 rings (SSSR count). The van der Waals surface area contributed by atoms with E-state index in [1.54, 1.807) is 6.07 Å². The Kier molecular flexibility index (Phi) is 5.18. The number of aliphatic hydroxyl groups excluding tert-OH is 1. The Bertz CT molecular complexity index is 719. The molecule has 1 fully saturated rings. The number of nitro groups is 1. The summed E-state index contributed by atoms with van der Waals surface area (Å²) in [5.74, 6) is 0.472. The van der Waals surface area contributed by atoms with Crippen molar-refractivity contribution in [3.63, 3.8) is 0 Å². The largest absolute Gasteiger partial charge is 0.512 e. The van der Waals surface area contributed by atoms with Crippen molar-refractivity contribution in [2.75, 3.05) is 13.2 Å². The molecule has 25 heavy (non-hydrogen) atoms. The van der Waals surface area contributed by atoms with Gasteiger partial charge in [-0.2, -0.15) is 0 Å². The number of aliphatic hydroxyl groups is 1. The van der Waals surface area contributed by atoms with Crippen LogP contribution in [0.2, 0.25) is 0 Å². The summed E-state index contributed by atoms with van der Waals surface area (Å²) in [4.78, 5) is 23.4. The lowest BCUT2D eigenvalue weighted by Crippen LogP contribution is -2.29. The molecular weight excluding hydrogens is 322 g/mol. The number of nitrogens with zero attached hydrogens (tertiary/aromatic N) is 1. The highest BCUT2D eigenvalue weighted by molar-refractivity contribution is 6.22. The molecule has 0 spiro atoms. The lowest BCUT2D eigenvalue weighted by Gasteiger charge is -2.33. The zero-order valence-electron chi connectivity index (χ0n) is 14.4. The van der Waals surface area contributed by atoms with Gasteiger partial charge < -0.3 is 9.84 Å². The van der Waals surface area contributed by atoms with Crippen LogP contribution in [-0.4, -0.2) is 29.0 Å². The molecule has 1 aromatic rings. The molecule has 1 saturated heterocycles. The number of nitro benzene ring substituents is 1. The molecule has 0 radical (unpaired) electrons. The highest BCUT2D eigenvalue weighted by Gasteiger charge is 2.34. The number of allylic oxidation sites excluding steroid dienone is 2. The van der Waals surface area contributed by atoms with E-state index in [2.05, 4.69) is 0 Å². The summed E-state index contributed by atoms with van der Waals surface area (Å²) in [6, 6.07) is 4.53. The number of non-ortho nitro benzene ring substituents is 1. The number of Topliss-reactive ketones (excluding diaryl/α,β-unsaturated/α-hetero) is 1. The van der Waals surface area contributed by atoms with Crippen molar-refractivity contribution in [2.45, 2.75) is 39.0 Å². The molecular formula is C19H23NO5. The number of carbonyl (C=O) groups excluding carboxylic acids is 1. The van der Waals surface area contributed by atoms with Crippen LogP contribution < -0.4 is 0 Å². The van der Waals surface area contributed by atoms with E-state index in [0.717, 1.165) is 18.4 Å². The van der Waals surface area contributed by atoms with Crippen molar-refractivity contribution in [1.82, 2.24) is 0 Å². The van der Waals surface area contributed by atoms with Gasteiger partial charge in [0.25, 0.3) is 5.69 Å². The van der Waals surface area contributed by atoms with E-state index in [0.29, 0.717) is 44.0 Å². The predicted octanol–water partition coefficient (Wildman–Crippen LogP) is 3.83. The van der Waals surface area contributed by atoms with Crippen molar-refractivity contribution in [3.05, 3.63) is 45.2 Å². The first kappa shape index (κ1) is 17.6. The normalized spacial score (nSPS) is 22.3. The third kappa shape index (κ3) is 3.58. The fraction of sp³-hybridized carbons (Fsp3) is 0.526. The number of benzene rings is 1. The van der Waals surface area contributed by atoms with Crippen LogP contribution in [0.5, 0.6) is 0 Å². The molecule has 1 heterocycles. The summed E-state index contributed by atoms with van der Waals surface area (Å²) in [6.07, 6.45) is 3.31. The Labute approximate surface area is 146 Å². The van der Waals surface area contributed by atoms with Gasteiger partial charge in [-0.25, -0.2) is 0 Å². The van der Waals surface area contributed by atoms with Gasteiger partial charge in [-0.15, -0.1) is 0 Å². The molecule has 0 aromatic heterocycles. The maximum absolute atomic E-state index is 12.8. The number of hydrogen-bond acceptors (Lipinski definition) is 5. The minimum atomic E-state index is -0.474. The van der Waals surface area contributed by atoms with E-state index in [9.17, 15) is 20.0 Å². The Morgan fingerprint density at radius 2 is 1.96 bits per heavy atom. The second kappa shape index (κ2) is 7.35. The van der Waals surface area contributed by atoms with E-state index >= 15 is 0 Å². The molecule has 1 unspecified atom stereocenters. The molecule has 1 N–H and O–H groups in total. The summed E-state index contributed by atoms with van der Waals surface area (Å²) in [6.45, 7) is 3.34. The van der Waals surface area contributed by atoms with Gasteiger partial charge >= 0.3 is 0 Å². The van der Waals surface area contributed by atoms with Crippen LogP contribution in [0, 0.1) is 22.0 Å². The first-order valence-electron chi connectivity index (χ1n) is 8.82. The first-order chi connectivity index (χ1) is 12.0. The maximum Gasteiger partial charge on any atom is 0.270 e. The number of rotatable bonds is 4. The summed E-state index contributed by atoms with van der Waals surface area (Å²) in [7, 11) is 0. The molecule has 1 atom stereocenters. The molecule has 6 heteroatoms. The van der Waals surface area contributed by atoms with Gasteiger partial charge in [0.15, 0.2) is 5.78 Å². The average Bonchev–Trinajstić information content (AvgIpc) is 2.61. The van der Waals surface area contributed by atoms with Crippen LogP contribution in [0.3, 0.4) is 0 Å². The minimum absolute atomic E-state index is 0.0631. The third-order valence-corrected chi connectivity index (χ3v) is 5.36. The van der Waals surface area contributed by atoms with Gasteiger partial charge in [0.2, 0.25) is 0 Å². The van der Waals surface area contributed by atoms with E-state index in [-0.39, 0.29) is 28.7 Å². The molecule has 1 aliphatic heterocycles. The monoisotopic (exact) mass is 345 g/mol. The smallest absolute Gasteiger partial charge is 0.270 e. The Hall–Kier alpha value is -2.21. The van der Waals surface area contributed by atoms with Crippen molar-refractivity contribution >= 4 is 17.0 Å². The van der Waals surface area contributed by atoms with Crippen molar-refractivity contribution in [1.29, 1.82) is 0 Å². The number of hydrogen-bond donors (Lipinski definition) is 1. The summed E-state index contributed by atoms with van der Waals surface area (Å²) < 4.78 is 5.38. The van der Waals surface area contributed by atoms with Crippen LogP contribution >= 0.6 is 0 Å². The van der Waals surface area contributed by atoms with E-state index in [1.165, 1.54) is 12.1 Å². The zero-order chi connectivity index (χ0) is 18.0. The van der Waals surface area contributed by atoms with E-state index in [1.807, 2.05) is 6.92 Å². The SMILES string of the molecule is CCc1ccc([N+](=O)[O-])cc1C1=C(O)CC(C2CCOCC2)CC1=O. The number of carbonyl (C=O) groups is 1. The number of ether oxygens (including phenoxy) is 1. The molecule has 6 nitrogen and oxygen atoms in total. The average molecular weight is 345 g/mol. The topological polar surface area (TPSA) is 89.7 Å². The standard InChI is InChI=1S/C19H23NO5/c1-2-12-3-4-15(20(23)24)11-16(12)19-17(21)9-14(10-18(19)22)13-5-7-25-8-6-13/h3-4,11,13-14,21H,2,5-10H2,1H3. The molecule has 134 valence electrons. The zero-order valence-corrected chi connectivity index (χ0v) is 14.4. The maximum atomic E-state index is 12.8. The van der Waals surface area contributed by atoms with E-state index < -0.39 is 4.92 Å². The van der Waals surface area contributed by atoms with Crippen molar-refractivity contribution < 1.29 is 19.6 Å². The highest BCUT2D eigenvalue weighted by Crippen LogP contribution is 2.40. The predicted molar refractivity (Wildman–Crippen MR) is 93.3 cm³/mol. The lowest BCUT2D eigenvalue weighted by atomic mass is 9.74. The quantitative estimate of drug-likeness (QED) is 0.661. The fourth-order valence-electron chi connectivity index (χ4n) is 3.97. The molecule has 2 aliphatic rings. The highest BCUT2D eigenvalue weighted by atomic mass is 16.6. The number of aryl methyl sites for hydroxylation is 1. The van der Waals surface area contributed by atoms with Crippen LogP contribution in [0.4, 0.5) is 5.69 Å². The van der Waals surface area contributed by atoms with E-state index in [4.69, 9.17) is 4.74 Å². The second-order valence-electron chi connectivity index (χ2n) is 6.82. The van der Waals surface area contributed by atoms with Gasteiger partial charge in [0.05, 0.1) is 10.5 Å². The van der Waals surface area contributed by atoms with Gasteiger partial charge in [-0.1, -0.05) is 13.0 Å². The molecule has 0 amide bonds. The summed E-state index contributed by atoms with van der Waals surface area (Å²) >= 11 is 0. The van der Waals surface area contributed by atoms with Gasteiger partial charge in [-0.3, -0.25) is 14.9 Å². The minimum Gasteiger partial charge on any atom is -0.512 e. The third-order valence-electron chi connectivity index (χ3n) is 5.36. The fourth-order valence-corrected chi connectivity index (χ4v) is 3.97. The van der Waals surface area contributed by atoms with Crippen molar-refractivity contribution in [3.8, 4) is 0 Å². The molecule has 1 aromatic carbocycles. The van der Waals surface area contributed by atoms with Crippen molar-refractivity contribution in [2.24, 2.45) is 11.8 Å². The Morgan fingerprint density at radius 3 is 2.56 bits per heavy atom. The summed E-state index contributed by atoms with van der Waals surface area (Å²) in [5, 5.41) is 21.7. The van der Waals surface area contributed by atoms with Crippen LogP contribution in [-0.2, 0) is 16.0 Å². The van der Waals surface area contributed by atoms with Crippen LogP contribution in [0.1, 0.15) is 43.7 Å². The second-order valence-corrected chi connectivity index (χ2v) is 6.82. The van der Waals surface area contributed by atoms with Gasteiger partial charge in [-0.05, 0) is 42.2 Å². The molecule has 0 bridgehead atoms. The Morgan fingerprint density at radius 1 is 1.24 bits per heavy atom.